The summed E-state index contributed by atoms with van der Waals surface area (Å²) in [7, 11) is 5.41. The average molecular weight is 319 g/mol. The van der Waals surface area contributed by atoms with Crippen molar-refractivity contribution in [1.82, 2.24) is 4.90 Å². The number of ether oxygens (including phenoxy) is 2. The average Bonchev–Trinajstić information content (AvgIpc) is 2.94. The van der Waals surface area contributed by atoms with Gasteiger partial charge in [0.25, 0.3) is 0 Å². The van der Waals surface area contributed by atoms with Crippen LogP contribution in [0.25, 0.3) is 0 Å². The maximum atomic E-state index is 9.89. The van der Waals surface area contributed by atoms with Crippen molar-refractivity contribution in [3.05, 3.63) is 36.4 Å². The van der Waals surface area contributed by atoms with E-state index in [-0.39, 0.29) is 11.5 Å². The van der Waals surface area contributed by atoms with Crippen LogP contribution in [0.3, 0.4) is 0 Å². The van der Waals surface area contributed by atoms with Crippen LogP contribution in [0.15, 0.2) is 36.4 Å². The summed E-state index contributed by atoms with van der Waals surface area (Å²) in [5.41, 5.74) is 0.00463. The molecule has 0 saturated carbocycles. The molecule has 1 aliphatic heterocycles. The summed E-state index contributed by atoms with van der Waals surface area (Å²) in [6.07, 6.45) is 5.13. The van der Waals surface area contributed by atoms with E-state index in [2.05, 4.69) is 31.9 Å². The molecule has 1 aromatic rings. The minimum Gasteiger partial charge on any atom is -0.493 e. The molecule has 1 aliphatic carbocycles. The predicted molar refractivity (Wildman–Crippen MR) is 93.0 cm³/mol. The van der Waals surface area contributed by atoms with E-state index in [1.807, 2.05) is 30.3 Å². The Morgan fingerprint density at radius 1 is 1.09 bits per heavy atom. The number of aliphatic hydroxyl groups excluding tert-OH is 1. The van der Waals surface area contributed by atoms with Crippen molar-refractivity contribution in [2.24, 2.45) is 11.3 Å². The SMILES string of the molecule is CN1CCC2C=CC(O)C(C)(C)C21.COc1ccccc1OC. The first-order valence-corrected chi connectivity index (χ1v) is 8.15. The Labute approximate surface area is 139 Å². The maximum absolute atomic E-state index is 9.89. The molecule has 0 bridgehead atoms. The number of fused-ring (bicyclic) bond motifs is 1. The van der Waals surface area contributed by atoms with Gasteiger partial charge in [-0.1, -0.05) is 38.1 Å². The molecule has 1 saturated heterocycles. The Morgan fingerprint density at radius 3 is 2.17 bits per heavy atom. The Balaban J connectivity index is 0.000000174. The zero-order chi connectivity index (χ0) is 17.0. The number of likely N-dealkylation sites (tertiary alicyclic amines) is 1. The molecule has 0 aromatic heterocycles. The number of nitrogens with zero attached hydrogens (tertiary/aromatic N) is 1. The van der Waals surface area contributed by atoms with Gasteiger partial charge in [0.05, 0.1) is 20.3 Å². The number of hydrogen-bond acceptors (Lipinski definition) is 4. The Morgan fingerprint density at radius 2 is 1.65 bits per heavy atom. The highest BCUT2D eigenvalue weighted by Crippen LogP contribution is 2.42. The van der Waals surface area contributed by atoms with Gasteiger partial charge in [-0.15, -0.1) is 0 Å². The van der Waals surface area contributed by atoms with E-state index in [0.717, 1.165) is 18.0 Å². The number of benzene rings is 1. The van der Waals surface area contributed by atoms with Gasteiger partial charge in [0.1, 0.15) is 0 Å². The number of aliphatic hydroxyl groups is 1. The molecule has 0 spiro atoms. The largest absolute Gasteiger partial charge is 0.493 e. The van der Waals surface area contributed by atoms with Crippen molar-refractivity contribution < 1.29 is 14.6 Å². The highest BCUT2D eigenvalue weighted by molar-refractivity contribution is 5.39. The summed E-state index contributed by atoms with van der Waals surface area (Å²) in [6, 6.07) is 8.05. The molecule has 1 fully saturated rings. The Hall–Kier alpha value is -1.52. The second-order valence-electron chi connectivity index (χ2n) is 6.88. The van der Waals surface area contributed by atoms with Crippen molar-refractivity contribution in [3.8, 4) is 11.5 Å². The van der Waals surface area contributed by atoms with Gasteiger partial charge in [-0.25, -0.2) is 0 Å². The first-order valence-electron chi connectivity index (χ1n) is 8.15. The van der Waals surface area contributed by atoms with E-state index >= 15 is 0 Å². The van der Waals surface area contributed by atoms with Gasteiger partial charge >= 0.3 is 0 Å². The molecule has 0 amide bonds. The molecule has 3 atom stereocenters. The maximum Gasteiger partial charge on any atom is 0.160 e. The van der Waals surface area contributed by atoms with Gasteiger partial charge in [-0.2, -0.15) is 0 Å². The topological polar surface area (TPSA) is 41.9 Å². The summed E-state index contributed by atoms with van der Waals surface area (Å²) in [6.45, 7) is 5.50. The second-order valence-corrected chi connectivity index (χ2v) is 6.88. The lowest BCUT2D eigenvalue weighted by molar-refractivity contribution is 0.00888. The van der Waals surface area contributed by atoms with Gasteiger partial charge in [0, 0.05) is 11.5 Å². The van der Waals surface area contributed by atoms with Crippen molar-refractivity contribution >= 4 is 0 Å². The summed E-state index contributed by atoms with van der Waals surface area (Å²) < 4.78 is 10.0. The van der Waals surface area contributed by atoms with Crippen LogP contribution in [-0.2, 0) is 0 Å². The third kappa shape index (κ3) is 3.70. The molecule has 23 heavy (non-hydrogen) atoms. The van der Waals surface area contributed by atoms with E-state index in [1.54, 1.807) is 14.2 Å². The lowest BCUT2D eigenvalue weighted by atomic mass is 9.70. The summed E-state index contributed by atoms with van der Waals surface area (Å²) in [5.74, 6) is 2.19. The molecular weight excluding hydrogens is 290 g/mol. The van der Waals surface area contributed by atoms with Crippen LogP contribution in [0, 0.1) is 11.3 Å². The smallest absolute Gasteiger partial charge is 0.160 e. The molecule has 128 valence electrons. The third-order valence-corrected chi connectivity index (χ3v) is 5.05. The van der Waals surface area contributed by atoms with Crippen LogP contribution in [-0.4, -0.2) is 50.0 Å². The Kier molecular flexibility index (Phi) is 5.71. The number of para-hydroxylation sites is 2. The highest BCUT2D eigenvalue weighted by Gasteiger charge is 2.46. The normalized spacial score (nSPS) is 28.5. The minimum absolute atomic E-state index is 0.00463. The van der Waals surface area contributed by atoms with Crippen LogP contribution in [0.1, 0.15) is 20.3 Å². The summed E-state index contributed by atoms with van der Waals surface area (Å²) in [5, 5.41) is 9.89. The van der Waals surface area contributed by atoms with Crippen molar-refractivity contribution in [3.63, 3.8) is 0 Å². The number of methoxy groups -OCH3 is 2. The standard InChI is InChI=1S/C11H19NO.C8H10O2/c1-11(2)9(13)5-4-8-6-7-12(3)10(8)11;1-9-7-5-3-4-6-8(7)10-2/h4-5,8-10,13H,6-7H2,1-3H3;3-6H,1-2H3. The molecule has 0 radical (unpaired) electrons. The lowest BCUT2D eigenvalue weighted by Gasteiger charge is -2.43. The summed E-state index contributed by atoms with van der Waals surface area (Å²) in [4.78, 5) is 2.39. The molecule has 3 rings (SSSR count). The molecule has 1 heterocycles. The first kappa shape index (κ1) is 17.8. The predicted octanol–water partition coefficient (Wildman–Crippen LogP) is 2.97. The molecular formula is C19H29NO3. The lowest BCUT2D eigenvalue weighted by Crippen LogP contribution is -2.50. The van der Waals surface area contributed by atoms with E-state index in [0.29, 0.717) is 12.0 Å². The quantitative estimate of drug-likeness (QED) is 0.851. The number of rotatable bonds is 2. The van der Waals surface area contributed by atoms with Crippen molar-refractivity contribution in [2.45, 2.75) is 32.4 Å². The van der Waals surface area contributed by atoms with Gasteiger partial charge in [0.15, 0.2) is 11.5 Å². The third-order valence-electron chi connectivity index (χ3n) is 5.05. The van der Waals surface area contributed by atoms with Crippen LogP contribution in [0.4, 0.5) is 0 Å². The zero-order valence-electron chi connectivity index (χ0n) is 14.8. The fourth-order valence-corrected chi connectivity index (χ4v) is 3.76. The molecule has 4 heteroatoms. The van der Waals surface area contributed by atoms with Gasteiger partial charge < -0.3 is 19.5 Å². The molecule has 1 aromatic carbocycles. The fraction of sp³-hybridized carbons (Fsp3) is 0.579. The highest BCUT2D eigenvalue weighted by atomic mass is 16.5. The monoisotopic (exact) mass is 319 g/mol. The molecule has 2 aliphatic rings. The van der Waals surface area contributed by atoms with Crippen LogP contribution < -0.4 is 9.47 Å². The van der Waals surface area contributed by atoms with E-state index in [4.69, 9.17) is 9.47 Å². The van der Waals surface area contributed by atoms with Gasteiger partial charge in [0.2, 0.25) is 0 Å². The first-order chi connectivity index (χ1) is 10.9. The van der Waals surface area contributed by atoms with Gasteiger partial charge in [-0.3, -0.25) is 0 Å². The van der Waals surface area contributed by atoms with Crippen molar-refractivity contribution in [2.75, 3.05) is 27.8 Å². The molecule has 3 unspecified atom stereocenters. The van der Waals surface area contributed by atoms with Crippen LogP contribution >= 0.6 is 0 Å². The molecule has 1 N–H and O–H groups in total. The van der Waals surface area contributed by atoms with Crippen LogP contribution in [0.5, 0.6) is 11.5 Å². The fourth-order valence-electron chi connectivity index (χ4n) is 3.76. The summed E-state index contributed by atoms with van der Waals surface area (Å²) >= 11 is 0. The molecule has 4 nitrogen and oxygen atoms in total. The van der Waals surface area contributed by atoms with E-state index < -0.39 is 0 Å². The van der Waals surface area contributed by atoms with Gasteiger partial charge in [-0.05, 0) is 38.1 Å². The number of hydrogen-bond donors (Lipinski definition) is 1. The van der Waals surface area contributed by atoms with E-state index in [1.165, 1.54) is 6.42 Å². The van der Waals surface area contributed by atoms with Crippen LogP contribution in [0.2, 0.25) is 0 Å². The van der Waals surface area contributed by atoms with E-state index in [9.17, 15) is 5.11 Å². The minimum atomic E-state index is -0.283. The Bertz CT molecular complexity index is 518. The second kappa shape index (κ2) is 7.37. The van der Waals surface area contributed by atoms with Crippen molar-refractivity contribution in [1.29, 1.82) is 0 Å². The zero-order valence-corrected chi connectivity index (χ0v) is 14.8.